The van der Waals surface area contributed by atoms with Crippen molar-refractivity contribution in [2.45, 2.75) is 214 Å². The Kier molecular flexibility index (Phi) is 25.0. The summed E-state index contributed by atoms with van der Waals surface area (Å²) in [6.07, 6.45) is -8.46. The van der Waals surface area contributed by atoms with Gasteiger partial charge in [-0.3, -0.25) is 4.79 Å². The highest BCUT2D eigenvalue weighted by Crippen LogP contribution is 2.33. The van der Waals surface area contributed by atoms with Crippen molar-refractivity contribution in [1.82, 2.24) is 5.32 Å². The van der Waals surface area contributed by atoms with Gasteiger partial charge in [0, 0.05) is 6.42 Å². The van der Waals surface area contributed by atoms with Gasteiger partial charge in [-0.15, -0.1) is 0 Å². The normalized spacial score (nSPS) is 36.0. The number of unbranched alkanes of at least 4 members (excludes halogenated alkanes) is 12. The average Bonchev–Trinajstić information content (AvgIpc) is 3.24. The topological polar surface area (TPSA) is 307 Å². The molecule has 0 aromatic rings. The molecule has 0 aromatic heterocycles. The van der Waals surface area contributed by atoms with Crippen LogP contribution in [0.25, 0.3) is 0 Å². The van der Waals surface area contributed by atoms with Crippen molar-refractivity contribution < 1.29 is 89.4 Å². The van der Waals surface area contributed by atoms with E-state index in [-0.39, 0.29) is 18.9 Å². The van der Waals surface area contributed by atoms with Crippen LogP contribution >= 0.6 is 0 Å². The van der Waals surface area contributed by atoms with E-state index < -0.39 is 124 Å². The SMILES string of the molecule is CCCCCCC/C=C/C(O)C(COC1OC(CO)C(OC2OC(CO)C(OC3OC(CO)C(O)C(O)C3O)C(O)C2O)C(O)C1O)NC(=O)CCCCCCCCCC. The van der Waals surface area contributed by atoms with Gasteiger partial charge in [-0.1, -0.05) is 96.6 Å². The Balaban J connectivity index is 1.62. The first kappa shape index (κ1) is 52.9. The van der Waals surface area contributed by atoms with Gasteiger partial charge < -0.3 is 89.9 Å². The molecule has 19 nitrogen and oxygen atoms in total. The molecular weight excluding hydrogens is 794 g/mol. The van der Waals surface area contributed by atoms with E-state index in [2.05, 4.69) is 19.2 Å². The number of rotatable bonds is 28. The van der Waals surface area contributed by atoms with Crippen LogP contribution in [-0.2, 0) is 33.2 Å². The van der Waals surface area contributed by atoms with Gasteiger partial charge in [0.15, 0.2) is 18.9 Å². The van der Waals surface area contributed by atoms with E-state index in [1.807, 2.05) is 6.08 Å². The Morgan fingerprint density at radius 3 is 1.57 bits per heavy atom. The second-order valence-electron chi connectivity index (χ2n) is 16.2. The van der Waals surface area contributed by atoms with Gasteiger partial charge in [0.1, 0.15) is 73.2 Å². The zero-order chi connectivity index (χ0) is 44.2. The lowest BCUT2D eigenvalue weighted by Gasteiger charge is -2.48. The lowest BCUT2D eigenvalue weighted by Crippen LogP contribution is -2.66. The lowest BCUT2D eigenvalue weighted by atomic mass is 9.96. The van der Waals surface area contributed by atoms with Gasteiger partial charge >= 0.3 is 0 Å². The third-order valence-corrected chi connectivity index (χ3v) is 11.3. The predicted octanol–water partition coefficient (Wildman–Crippen LogP) is -1.26. The summed E-state index contributed by atoms with van der Waals surface area (Å²) in [5.41, 5.74) is 0. The molecule has 3 aliphatic heterocycles. The summed E-state index contributed by atoms with van der Waals surface area (Å²) in [5.74, 6) is -0.288. The molecule has 19 heteroatoms. The monoisotopic (exact) mass is 869 g/mol. The molecule has 0 saturated carbocycles. The fraction of sp³-hybridized carbons (Fsp3) is 0.927. The quantitative estimate of drug-likeness (QED) is 0.0323. The van der Waals surface area contributed by atoms with Crippen molar-refractivity contribution in [1.29, 1.82) is 0 Å². The predicted molar refractivity (Wildman–Crippen MR) is 213 cm³/mol. The molecule has 3 heterocycles. The van der Waals surface area contributed by atoms with Crippen molar-refractivity contribution >= 4 is 5.91 Å². The van der Waals surface area contributed by atoms with Gasteiger partial charge in [0.05, 0.1) is 38.6 Å². The van der Waals surface area contributed by atoms with E-state index in [0.29, 0.717) is 6.42 Å². The van der Waals surface area contributed by atoms with Gasteiger partial charge in [-0.25, -0.2) is 0 Å². The number of hydrogen-bond acceptors (Lipinski definition) is 18. The molecule has 0 aromatic carbocycles. The first-order valence-corrected chi connectivity index (χ1v) is 21.9. The van der Waals surface area contributed by atoms with Crippen molar-refractivity contribution in [2.24, 2.45) is 0 Å². The second kappa shape index (κ2) is 28.3. The molecule has 3 saturated heterocycles. The Morgan fingerprint density at radius 2 is 1.03 bits per heavy atom. The molecular formula is C41H75NO18. The second-order valence-corrected chi connectivity index (χ2v) is 16.2. The van der Waals surface area contributed by atoms with Crippen LogP contribution in [0.3, 0.4) is 0 Å². The summed E-state index contributed by atoms with van der Waals surface area (Å²) in [6, 6.07) is -0.960. The smallest absolute Gasteiger partial charge is 0.220 e. The maximum Gasteiger partial charge on any atom is 0.220 e. The minimum atomic E-state index is -1.97. The van der Waals surface area contributed by atoms with Gasteiger partial charge in [0.2, 0.25) is 5.91 Å². The van der Waals surface area contributed by atoms with Crippen LogP contribution in [0.1, 0.15) is 110 Å². The fourth-order valence-corrected chi connectivity index (χ4v) is 7.54. The molecule has 17 atom stereocenters. The van der Waals surface area contributed by atoms with Gasteiger partial charge in [-0.2, -0.15) is 0 Å². The number of allylic oxidation sites excluding steroid dienone is 1. The van der Waals surface area contributed by atoms with Crippen LogP contribution in [0.2, 0.25) is 0 Å². The molecule has 3 aliphatic rings. The highest BCUT2D eigenvalue weighted by atomic mass is 16.8. The highest BCUT2D eigenvalue weighted by molar-refractivity contribution is 5.76. The van der Waals surface area contributed by atoms with Gasteiger partial charge in [-0.05, 0) is 19.3 Å². The van der Waals surface area contributed by atoms with Crippen LogP contribution in [0, 0.1) is 0 Å². The first-order chi connectivity index (χ1) is 28.8. The molecule has 3 rings (SSSR count). The van der Waals surface area contributed by atoms with E-state index in [4.69, 9.17) is 28.4 Å². The lowest BCUT2D eigenvalue weighted by molar-refractivity contribution is -0.379. The molecule has 0 radical (unpaired) electrons. The molecule has 12 N–H and O–H groups in total. The summed E-state index contributed by atoms with van der Waals surface area (Å²) in [6.45, 7) is 1.54. The largest absolute Gasteiger partial charge is 0.394 e. The van der Waals surface area contributed by atoms with E-state index in [0.717, 1.165) is 57.8 Å². The molecule has 0 bridgehead atoms. The number of aliphatic hydroxyl groups is 11. The Labute approximate surface area is 353 Å². The van der Waals surface area contributed by atoms with E-state index in [1.54, 1.807) is 6.08 Å². The third kappa shape index (κ3) is 16.0. The first-order valence-electron chi connectivity index (χ1n) is 21.9. The van der Waals surface area contributed by atoms with Crippen molar-refractivity contribution in [3.63, 3.8) is 0 Å². The van der Waals surface area contributed by atoms with Crippen LogP contribution in [-0.4, -0.2) is 193 Å². The number of carbonyl (C=O) groups excluding carboxylic acids is 1. The number of ether oxygens (including phenoxy) is 6. The Morgan fingerprint density at radius 1 is 0.583 bits per heavy atom. The number of hydrogen-bond donors (Lipinski definition) is 12. The summed E-state index contributed by atoms with van der Waals surface area (Å²) >= 11 is 0. The molecule has 0 aliphatic carbocycles. The van der Waals surface area contributed by atoms with Gasteiger partial charge in [0.25, 0.3) is 0 Å². The maximum atomic E-state index is 13.0. The summed E-state index contributed by atoms with van der Waals surface area (Å²) < 4.78 is 33.9. The Hall–Kier alpha value is -1.47. The van der Waals surface area contributed by atoms with Crippen LogP contribution in [0.5, 0.6) is 0 Å². The molecule has 60 heavy (non-hydrogen) atoms. The summed E-state index contributed by atoms with van der Waals surface area (Å²) in [4.78, 5) is 13.0. The van der Waals surface area contributed by atoms with Crippen LogP contribution in [0.4, 0.5) is 0 Å². The maximum absolute atomic E-state index is 13.0. The average molecular weight is 870 g/mol. The highest BCUT2D eigenvalue weighted by Gasteiger charge is 2.53. The van der Waals surface area contributed by atoms with E-state index in [1.165, 1.54) is 25.7 Å². The summed E-state index contributed by atoms with van der Waals surface area (Å²) in [7, 11) is 0. The van der Waals surface area contributed by atoms with E-state index in [9.17, 15) is 61.0 Å². The fourth-order valence-electron chi connectivity index (χ4n) is 7.54. The minimum absolute atomic E-state index is 0.244. The molecule has 0 spiro atoms. The van der Waals surface area contributed by atoms with E-state index >= 15 is 0 Å². The van der Waals surface area contributed by atoms with Crippen molar-refractivity contribution in [3.8, 4) is 0 Å². The summed E-state index contributed by atoms with van der Waals surface area (Å²) in [5, 5.41) is 119. The standard InChI is InChI=1S/C41H75NO18/c1-3-5-7-9-11-13-15-17-19-29(47)42-24(25(46)18-16-14-12-10-8-6-4-2)23-55-39-35(53)32(50)37(27(21-44)57-39)60-41-36(54)33(51)38(28(22-45)58-41)59-40-34(52)31(49)30(48)26(20-43)56-40/h16,18,24-28,30-41,43-46,48-54H,3-15,17,19-23H2,1-2H3,(H,42,47)/b18-16+. The number of carbonyl (C=O) groups is 1. The van der Waals surface area contributed by atoms with Crippen molar-refractivity contribution in [3.05, 3.63) is 12.2 Å². The zero-order valence-electron chi connectivity index (χ0n) is 35.2. The number of nitrogens with one attached hydrogen (secondary N) is 1. The third-order valence-electron chi connectivity index (χ3n) is 11.3. The minimum Gasteiger partial charge on any atom is -0.394 e. The molecule has 352 valence electrons. The van der Waals surface area contributed by atoms with Crippen LogP contribution < -0.4 is 5.32 Å². The number of amides is 1. The molecule has 17 unspecified atom stereocenters. The molecule has 3 fully saturated rings. The molecule has 1 amide bonds. The number of aliphatic hydroxyl groups excluding tert-OH is 11. The Bertz CT molecular complexity index is 1180. The zero-order valence-corrected chi connectivity index (χ0v) is 35.2. The van der Waals surface area contributed by atoms with Crippen molar-refractivity contribution in [2.75, 3.05) is 26.4 Å². The van der Waals surface area contributed by atoms with Crippen LogP contribution in [0.15, 0.2) is 12.2 Å².